The fraction of sp³-hybridized carbons (Fsp3) is 0.524. The molecule has 8 heteroatoms. The van der Waals surface area contributed by atoms with Gasteiger partial charge in [-0.25, -0.2) is 0 Å². The number of piperidine rings is 1. The van der Waals surface area contributed by atoms with E-state index in [9.17, 15) is 9.90 Å². The number of carboxylic acid groups (broad SMARTS) is 1. The zero-order chi connectivity index (χ0) is 19.9. The third-order valence-corrected chi connectivity index (χ3v) is 7.12. The van der Waals surface area contributed by atoms with Gasteiger partial charge in [0.2, 0.25) is 0 Å². The van der Waals surface area contributed by atoms with Gasteiger partial charge in [-0.2, -0.15) is 0 Å². The molecule has 160 valence electrons. The van der Waals surface area contributed by atoms with Gasteiger partial charge in [0, 0.05) is 13.1 Å². The van der Waals surface area contributed by atoms with Crippen LogP contribution >= 0.6 is 35.1 Å². The van der Waals surface area contributed by atoms with Crippen molar-refractivity contribution in [2.24, 2.45) is 11.1 Å². The first-order chi connectivity index (χ1) is 13.6. The van der Waals surface area contributed by atoms with E-state index < -0.39 is 5.97 Å². The number of oxime groups is 1. The van der Waals surface area contributed by atoms with Crippen LogP contribution in [0.4, 0.5) is 0 Å². The highest BCUT2D eigenvalue weighted by Gasteiger charge is 2.25. The van der Waals surface area contributed by atoms with Gasteiger partial charge in [0.05, 0.1) is 15.7 Å². The molecule has 3 rings (SSSR count). The number of halogens is 1. The summed E-state index contributed by atoms with van der Waals surface area (Å²) in [5.41, 5.74) is 3.52. The molecule has 1 aliphatic rings. The topological polar surface area (TPSA) is 62.1 Å². The van der Waals surface area contributed by atoms with Crippen LogP contribution in [0.3, 0.4) is 0 Å². The van der Waals surface area contributed by atoms with E-state index in [1.54, 1.807) is 22.7 Å². The number of aryl methyl sites for hydroxylation is 2. The summed E-state index contributed by atoms with van der Waals surface area (Å²) >= 11 is 3.42. The highest BCUT2D eigenvalue weighted by molar-refractivity contribution is 7.16. The summed E-state index contributed by atoms with van der Waals surface area (Å²) in [6, 6.07) is 4.32. The van der Waals surface area contributed by atoms with Gasteiger partial charge in [-0.05, 0) is 66.2 Å². The van der Waals surface area contributed by atoms with Crippen molar-refractivity contribution in [2.75, 3.05) is 26.2 Å². The summed E-state index contributed by atoms with van der Waals surface area (Å²) in [4.78, 5) is 21.5. The van der Waals surface area contributed by atoms with Gasteiger partial charge >= 0.3 is 5.97 Å². The molecular weight excluding hydrogens is 428 g/mol. The molecule has 0 radical (unpaired) electrons. The SMILES string of the molecule is CCc1ccsc1C(=NOCCN1CCC[C@@H](C(=O)O)C1)c1sccc1CC.Cl. The zero-order valence-corrected chi connectivity index (χ0v) is 19.4. The van der Waals surface area contributed by atoms with E-state index in [0.717, 1.165) is 37.9 Å². The minimum atomic E-state index is -0.694. The average molecular weight is 457 g/mol. The van der Waals surface area contributed by atoms with Crippen LogP contribution in [-0.2, 0) is 22.5 Å². The molecule has 0 aliphatic carbocycles. The average Bonchev–Trinajstić information content (AvgIpc) is 3.37. The summed E-state index contributed by atoms with van der Waals surface area (Å²) < 4.78 is 0. The Hall–Kier alpha value is -1.41. The molecule has 1 N–H and O–H groups in total. The Morgan fingerprint density at radius 3 is 2.38 bits per heavy atom. The molecule has 0 aromatic carbocycles. The molecular formula is C21H29ClN2O3S2. The molecule has 0 saturated carbocycles. The molecule has 2 aromatic heterocycles. The molecule has 2 aromatic rings. The van der Waals surface area contributed by atoms with Crippen molar-refractivity contribution in [1.82, 2.24) is 4.90 Å². The lowest BCUT2D eigenvalue weighted by atomic mass is 9.98. The lowest BCUT2D eigenvalue weighted by molar-refractivity contribution is -0.143. The summed E-state index contributed by atoms with van der Waals surface area (Å²) in [5.74, 6) is -0.954. The van der Waals surface area contributed by atoms with Crippen molar-refractivity contribution >= 4 is 46.8 Å². The van der Waals surface area contributed by atoms with Crippen LogP contribution in [0.25, 0.3) is 0 Å². The van der Waals surface area contributed by atoms with E-state index in [1.165, 1.54) is 20.9 Å². The number of carbonyl (C=O) groups is 1. The second-order valence-electron chi connectivity index (χ2n) is 7.01. The number of carboxylic acids is 1. The van der Waals surface area contributed by atoms with Crippen molar-refractivity contribution in [3.05, 3.63) is 43.8 Å². The summed E-state index contributed by atoms with van der Waals surface area (Å²) in [6.07, 6.45) is 3.63. The Kier molecular flexibility index (Phi) is 9.62. The van der Waals surface area contributed by atoms with Crippen LogP contribution in [0.15, 0.2) is 28.0 Å². The largest absolute Gasteiger partial charge is 0.481 e. The number of aliphatic carboxylic acids is 1. The van der Waals surface area contributed by atoms with E-state index in [2.05, 4.69) is 46.8 Å². The predicted molar refractivity (Wildman–Crippen MR) is 123 cm³/mol. The van der Waals surface area contributed by atoms with Gasteiger partial charge in [-0.1, -0.05) is 19.0 Å². The third kappa shape index (κ3) is 6.04. The van der Waals surface area contributed by atoms with Crippen molar-refractivity contribution in [2.45, 2.75) is 39.5 Å². The summed E-state index contributed by atoms with van der Waals surface area (Å²) in [7, 11) is 0. The second-order valence-corrected chi connectivity index (χ2v) is 8.84. The highest BCUT2D eigenvalue weighted by atomic mass is 35.5. The number of hydrogen-bond acceptors (Lipinski definition) is 6. The number of thiophene rings is 2. The first-order valence-electron chi connectivity index (χ1n) is 9.92. The van der Waals surface area contributed by atoms with Gasteiger partial charge in [0.15, 0.2) is 0 Å². The molecule has 0 bridgehead atoms. The van der Waals surface area contributed by atoms with E-state index in [1.807, 2.05) is 0 Å². The maximum absolute atomic E-state index is 11.2. The van der Waals surface area contributed by atoms with Crippen molar-refractivity contribution in [1.29, 1.82) is 0 Å². The quantitative estimate of drug-likeness (QED) is 0.330. The molecule has 0 spiro atoms. The van der Waals surface area contributed by atoms with Gasteiger partial charge in [-0.3, -0.25) is 9.69 Å². The lowest BCUT2D eigenvalue weighted by Gasteiger charge is -2.29. The molecule has 0 amide bonds. The Morgan fingerprint density at radius 1 is 1.21 bits per heavy atom. The summed E-state index contributed by atoms with van der Waals surface area (Å²) in [6.45, 7) is 7.03. The van der Waals surface area contributed by atoms with Crippen LogP contribution in [0.2, 0.25) is 0 Å². The van der Waals surface area contributed by atoms with Gasteiger partial charge in [0.1, 0.15) is 12.3 Å². The van der Waals surface area contributed by atoms with Crippen molar-refractivity contribution < 1.29 is 14.7 Å². The molecule has 1 saturated heterocycles. The van der Waals surface area contributed by atoms with Crippen LogP contribution in [-0.4, -0.2) is 47.9 Å². The Balaban J connectivity index is 0.00000300. The molecule has 3 heterocycles. The Morgan fingerprint density at radius 2 is 1.83 bits per heavy atom. The summed E-state index contributed by atoms with van der Waals surface area (Å²) in [5, 5.41) is 18.0. The smallest absolute Gasteiger partial charge is 0.307 e. The maximum Gasteiger partial charge on any atom is 0.307 e. The molecule has 1 aliphatic heterocycles. The molecule has 5 nitrogen and oxygen atoms in total. The van der Waals surface area contributed by atoms with E-state index in [0.29, 0.717) is 19.7 Å². The fourth-order valence-corrected chi connectivity index (χ4v) is 5.60. The highest BCUT2D eigenvalue weighted by Crippen LogP contribution is 2.28. The number of hydrogen-bond donors (Lipinski definition) is 1. The van der Waals surface area contributed by atoms with Crippen molar-refractivity contribution in [3.63, 3.8) is 0 Å². The van der Waals surface area contributed by atoms with Crippen LogP contribution in [0.5, 0.6) is 0 Å². The number of nitrogens with zero attached hydrogens (tertiary/aromatic N) is 2. The van der Waals surface area contributed by atoms with Crippen LogP contribution in [0, 0.1) is 5.92 Å². The first-order valence-corrected chi connectivity index (χ1v) is 11.7. The molecule has 1 atom stereocenters. The van der Waals surface area contributed by atoms with Crippen LogP contribution in [0.1, 0.15) is 47.6 Å². The zero-order valence-electron chi connectivity index (χ0n) is 16.9. The molecule has 1 fully saturated rings. The normalized spacial score (nSPS) is 16.8. The third-order valence-electron chi connectivity index (χ3n) is 5.19. The van der Waals surface area contributed by atoms with Crippen LogP contribution < -0.4 is 0 Å². The first kappa shape index (κ1) is 23.9. The predicted octanol–water partition coefficient (Wildman–Crippen LogP) is 4.92. The van der Waals surface area contributed by atoms with Gasteiger partial charge < -0.3 is 9.94 Å². The number of rotatable bonds is 9. The second kappa shape index (κ2) is 11.7. The van der Waals surface area contributed by atoms with Gasteiger partial charge in [-0.15, -0.1) is 35.1 Å². The Bertz CT molecular complexity index is 774. The van der Waals surface area contributed by atoms with E-state index in [4.69, 9.17) is 4.84 Å². The minimum absolute atomic E-state index is 0. The maximum atomic E-state index is 11.2. The molecule has 29 heavy (non-hydrogen) atoms. The minimum Gasteiger partial charge on any atom is -0.481 e. The standard InChI is InChI=1S/C21H28N2O3S2.ClH/c1-3-15-7-12-27-19(15)18(20-16(4-2)8-13-28-20)22-26-11-10-23-9-5-6-17(14-23)21(24)25;/h7-8,12-13,17H,3-6,9-11,14H2,1-2H3,(H,24,25);1H/t17-;/m1./s1. The van der Waals surface area contributed by atoms with E-state index in [-0.39, 0.29) is 18.3 Å². The monoisotopic (exact) mass is 456 g/mol. The molecule has 0 unspecified atom stereocenters. The lowest BCUT2D eigenvalue weighted by Crippen LogP contribution is -2.40. The fourth-order valence-electron chi connectivity index (χ4n) is 3.57. The Labute approximate surface area is 186 Å². The van der Waals surface area contributed by atoms with E-state index >= 15 is 0 Å². The van der Waals surface area contributed by atoms with Crippen molar-refractivity contribution in [3.8, 4) is 0 Å². The number of likely N-dealkylation sites (tertiary alicyclic amines) is 1. The van der Waals surface area contributed by atoms with Gasteiger partial charge in [0.25, 0.3) is 0 Å².